The van der Waals surface area contributed by atoms with Crippen LogP contribution in [0.3, 0.4) is 0 Å². The standard InChI is InChI=1S/C37H53N3OS/c1-7-23-40(27-21-29(3)33-17-19-35(41-6)20-18-33)37(42)34-15-13-30(4)36(28-34)32(8-2)16-14-31(5)38-22-12-26-39-24-10-9-11-25-39/h8,13-20,28-29,38H,5,7,9-12,21-27H2,1-4,6H3/b16-14-,32-8+. The van der Waals surface area contributed by atoms with Crippen LogP contribution in [0.1, 0.15) is 87.5 Å². The number of benzene rings is 2. The molecule has 5 heteroatoms. The fraction of sp³-hybridized carbons (Fsp3) is 0.486. The first kappa shape index (κ1) is 33.6. The Labute approximate surface area is 261 Å². The molecular weight excluding hydrogens is 534 g/mol. The minimum Gasteiger partial charge on any atom is -0.497 e. The Morgan fingerprint density at radius 1 is 1.10 bits per heavy atom. The summed E-state index contributed by atoms with van der Waals surface area (Å²) in [5.74, 6) is 1.34. The molecule has 0 aliphatic carbocycles. The number of nitrogens with zero attached hydrogens (tertiary/aromatic N) is 2. The quantitative estimate of drug-likeness (QED) is 0.121. The van der Waals surface area contributed by atoms with Crippen LogP contribution in [0, 0.1) is 6.92 Å². The zero-order valence-corrected chi connectivity index (χ0v) is 27.6. The van der Waals surface area contributed by atoms with Crippen LogP contribution < -0.4 is 10.1 Å². The fourth-order valence-electron chi connectivity index (χ4n) is 5.61. The first-order valence-corrected chi connectivity index (χ1v) is 16.3. The Morgan fingerprint density at radius 2 is 1.83 bits per heavy atom. The molecule has 1 aliphatic rings. The molecule has 0 saturated carbocycles. The van der Waals surface area contributed by atoms with Gasteiger partial charge in [0.1, 0.15) is 10.7 Å². The normalized spacial score (nSPS) is 15.0. The number of allylic oxidation sites excluding steroid dienone is 4. The molecule has 1 fully saturated rings. The Balaban J connectivity index is 1.60. The molecule has 0 radical (unpaired) electrons. The highest BCUT2D eigenvalue weighted by molar-refractivity contribution is 7.80. The highest BCUT2D eigenvalue weighted by atomic mass is 32.1. The molecule has 1 atom stereocenters. The number of methoxy groups -OCH3 is 1. The van der Waals surface area contributed by atoms with Crippen LogP contribution >= 0.6 is 12.2 Å². The largest absolute Gasteiger partial charge is 0.497 e. The van der Waals surface area contributed by atoms with Crippen molar-refractivity contribution in [2.45, 2.75) is 72.1 Å². The van der Waals surface area contributed by atoms with Crippen LogP contribution in [0.5, 0.6) is 5.75 Å². The lowest BCUT2D eigenvalue weighted by molar-refractivity contribution is 0.226. The number of thiocarbonyl (C=S) groups is 1. The molecular formula is C37H53N3OS. The van der Waals surface area contributed by atoms with E-state index in [2.05, 4.69) is 98.0 Å². The second-order valence-electron chi connectivity index (χ2n) is 11.6. The van der Waals surface area contributed by atoms with Crippen LogP contribution in [0.25, 0.3) is 5.57 Å². The monoisotopic (exact) mass is 587 g/mol. The van der Waals surface area contributed by atoms with Gasteiger partial charge in [-0.1, -0.05) is 75.5 Å². The molecule has 42 heavy (non-hydrogen) atoms. The first-order chi connectivity index (χ1) is 20.4. The van der Waals surface area contributed by atoms with Crippen molar-refractivity contribution in [1.29, 1.82) is 0 Å². The third-order valence-corrected chi connectivity index (χ3v) is 8.81. The molecule has 4 nitrogen and oxygen atoms in total. The van der Waals surface area contributed by atoms with Crippen LogP contribution in [-0.2, 0) is 0 Å². The van der Waals surface area contributed by atoms with Gasteiger partial charge in [0, 0.05) is 30.9 Å². The second-order valence-corrected chi connectivity index (χ2v) is 12.0. The minimum atomic E-state index is 0.442. The number of aryl methyl sites for hydroxylation is 1. The van der Waals surface area contributed by atoms with Crippen LogP contribution in [0.2, 0.25) is 0 Å². The summed E-state index contributed by atoms with van der Waals surface area (Å²) < 4.78 is 5.33. The molecule has 1 aliphatic heterocycles. The van der Waals surface area contributed by atoms with Crippen molar-refractivity contribution in [3.8, 4) is 5.75 Å². The van der Waals surface area contributed by atoms with Gasteiger partial charge in [-0.15, -0.1) is 0 Å². The zero-order chi connectivity index (χ0) is 30.3. The Kier molecular flexibility index (Phi) is 14.3. The highest BCUT2D eigenvalue weighted by Crippen LogP contribution is 2.25. The summed E-state index contributed by atoms with van der Waals surface area (Å²) in [5, 5.41) is 3.50. The van der Waals surface area contributed by atoms with Crippen molar-refractivity contribution in [2.75, 3.05) is 46.4 Å². The van der Waals surface area contributed by atoms with Gasteiger partial charge in [0.25, 0.3) is 0 Å². The molecule has 1 heterocycles. The van der Waals surface area contributed by atoms with E-state index >= 15 is 0 Å². The zero-order valence-electron chi connectivity index (χ0n) is 26.8. The Hall–Kier alpha value is -2.89. The summed E-state index contributed by atoms with van der Waals surface area (Å²) in [4.78, 5) is 5.90. The van der Waals surface area contributed by atoms with Gasteiger partial charge in [-0.2, -0.15) is 0 Å². The molecule has 0 amide bonds. The van der Waals surface area contributed by atoms with E-state index in [4.69, 9.17) is 17.0 Å². The molecule has 228 valence electrons. The lowest BCUT2D eigenvalue weighted by Gasteiger charge is -2.27. The molecule has 1 unspecified atom stereocenters. The maximum Gasteiger partial charge on any atom is 0.118 e. The third-order valence-electron chi connectivity index (χ3n) is 8.32. The van der Waals surface area contributed by atoms with Crippen LogP contribution in [0.4, 0.5) is 0 Å². The maximum atomic E-state index is 6.09. The molecule has 3 rings (SSSR count). The number of ether oxygens (including phenoxy) is 1. The van der Waals surface area contributed by atoms with Gasteiger partial charge in [-0.05, 0) is 118 Å². The maximum absolute atomic E-state index is 6.09. The van der Waals surface area contributed by atoms with Gasteiger partial charge in [-0.25, -0.2) is 0 Å². The summed E-state index contributed by atoms with van der Waals surface area (Å²) >= 11 is 6.09. The van der Waals surface area contributed by atoms with Crippen LogP contribution in [0.15, 0.2) is 73.0 Å². The fourth-order valence-corrected chi connectivity index (χ4v) is 5.92. The lowest BCUT2D eigenvalue weighted by Crippen LogP contribution is -2.32. The average Bonchev–Trinajstić information content (AvgIpc) is 3.02. The predicted octanol–water partition coefficient (Wildman–Crippen LogP) is 8.52. The molecule has 0 spiro atoms. The number of piperidine rings is 1. The number of likely N-dealkylation sites (tertiary alicyclic amines) is 1. The Morgan fingerprint density at radius 3 is 2.50 bits per heavy atom. The van der Waals surface area contributed by atoms with E-state index in [1.54, 1.807) is 7.11 Å². The van der Waals surface area contributed by atoms with Gasteiger partial charge < -0.3 is 19.9 Å². The second kappa shape index (κ2) is 17.9. The summed E-state index contributed by atoms with van der Waals surface area (Å²) in [7, 11) is 1.71. The van der Waals surface area contributed by atoms with E-state index < -0.39 is 0 Å². The molecule has 0 aromatic heterocycles. The number of rotatable bonds is 16. The predicted molar refractivity (Wildman–Crippen MR) is 186 cm³/mol. The molecule has 1 N–H and O–H groups in total. The van der Waals surface area contributed by atoms with E-state index in [1.807, 2.05) is 12.1 Å². The topological polar surface area (TPSA) is 27.7 Å². The van der Waals surface area contributed by atoms with Crippen LogP contribution in [-0.4, -0.2) is 61.2 Å². The lowest BCUT2D eigenvalue weighted by atomic mass is 9.96. The molecule has 0 bridgehead atoms. The smallest absolute Gasteiger partial charge is 0.118 e. The Bertz CT molecular complexity index is 1190. The van der Waals surface area contributed by atoms with Gasteiger partial charge >= 0.3 is 0 Å². The third kappa shape index (κ3) is 10.4. The molecule has 2 aromatic rings. The summed E-state index contributed by atoms with van der Waals surface area (Å²) in [6.07, 6.45) is 13.8. The summed E-state index contributed by atoms with van der Waals surface area (Å²) in [5.41, 5.74) is 7.04. The SMILES string of the molecule is C=C(/C=C\C(=C/C)c1cc(C(=S)N(CCC)CCC(C)c2ccc(OC)cc2)ccc1C)NCCCN1CCCCC1. The van der Waals surface area contributed by atoms with Crippen molar-refractivity contribution in [3.05, 3.63) is 95.2 Å². The average molecular weight is 588 g/mol. The van der Waals surface area contributed by atoms with E-state index in [0.29, 0.717) is 5.92 Å². The highest BCUT2D eigenvalue weighted by Gasteiger charge is 2.16. The van der Waals surface area contributed by atoms with Crippen molar-refractivity contribution in [1.82, 2.24) is 15.1 Å². The van der Waals surface area contributed by atoms with Gasteiger partial charge in [0.05, 0.1) is 7.11 Å². The minimum absolute atomic E-state index is 0.442. The summed E-state index contributed by atoms with van der Waals surface area (Å²) in [6, 6.07) is 15.1. The number of hydrogen-bond donors (Lipinski definition) is 1. The van der Waals surface area contributed by atoms with E-state index in [0.717, 1.165) is 60.9 Å². The molecule has 1 saturated heterocycles. The van der Waals surface area contributed by atoms with Crippen molar-refractivity contribution >= 4 is 22.8 Å². The van der Waals surface area contributed by atoms with E-state index in [-0.39, 0.29) is 0 Å². The van der Waals surface area contributed by atoms with Crippen molar-refractivity contribution in [2.24, 2.45) is 0 Å². The van der Waals surface area contributed by atoms with Gasteiger partial charge in [-0.3, -0.25) is 0 Å². The van der Waals surface area contributed by atoms with Crippen molar-refractivity contribution in [3.63, 3.8) is 0 Å². The molecule has 2 aromatic carbocycles. The van der Waals surface area contributed by atoms with E-state index in [1.165, 1.54) is 61.2 Å². The first-order valence-electron chi connectivity index (χ1n) is 15.9. The van der Waals surface area contributed by atoms with Gasteiger partial charge in [0.2, 0.25) is 0 Å². The van der Waals surface area contributed by atoms with Gasteiger partial charge in [0.15, 0.2) is 0 Å². The van der Waals surface area contributed by atoms with Crippen molar-refractivity contribution < 1.29 is 4.74 Å². The summed E-state index contributed by atoms with van der Waals surface area (Å²) in [6.45, 7) is 19.6. The van der Waals surface area contributed by atoms with E-state index in [9.17, 15) is 0 Å². The number of hydrogen-bond acceptors (Lipinski definition) is 4. The number of nitrogens with one attached hydrogen (secondary N) is 1.